The fourth-order valence-electron chi connectivity index (χ4n) is 5.04. The summed E-state index contributed by atoms with van der Waals surface area (Å²) in [5.74, 6) is 0.891. The number of amides is 1. The van der Waals surface area contributed by atoms with E-state index in [1.165, 1.54) is 18.2 Å². The minimum absolute atomic E-state index is 0.209. The van der Waals surface area contributed by atoms with Crippen molar-refractivity contribution in [3.63, 3.8) is 0 Å². The molecule has 5 nitrogen and oxygen atoms in total. The molecule has 1 amide bonds. The summed E-state index contributed by atoms with van der Waals surface area (Å²) < 4.78 is 32.9. The molecule has 2 aromatic carbocycles. The van der Waals surface area contributed by atoms with E-state index in [-0.39, 0.29) is 17.5 Å². The average molecular weight is 427 g/mol. The summed E-state index contributed by atoms with van der Waals surface area (Å²) >= 11 is 0. The number of nitrogens with one attached hydrogen (secondary N) is 1. The van der Waals surface area contributed by atoms with Crippen LogP contribution < -0.4 is 10.2 Å². The number of carbonyl (C=O) groups is 1. The Balaban J connectivity index is 1.09. The molecule has 164 valence electrons. The molecule has 1 saturated carbocycles. The highest BCUT2D eigenvalue weighted by Gasteiger charge is 2.55. The molecule has 1 aliphatic carbocycles. The van der Waals surface area contributed by atoms with Gasteiger partial charge in [-0.15, -0.1) is 0 Å². The predicted molar refractivity (Wildman–Crippen MR) is 114 cm³/mol. The highest BCUT2D eigenvalue weighted by Crippen LogP contribution is 2.51. The van der Waals surface area contributed by atoms with Gasteiger partial charge in [-0.05, 0) is 53.6 Å². The van der Waals surface area contributed by atoms with Crippen LogP contribution in [0.5, 0.6) is 0 Å². The monoisotopic (exact) mass is 427 g/mol. The maximum Gasteiger partial charge on any atom is 0.251 e. The Morgan fingerprint density at radius 3 is 2.42 bits per heavy atom. The fourth-order valence-corrected chi connectivity index (χ4v) is 5.04. The quantitative estimate of drug-likeness (QED) is 0.770. The second-order valence-electron chi connectivity index (χ2n) is 8.79. The van der Waals surface area contributed by atoms with E-state index in [2.05, 4.69) is 10.2 Å². The van der Waals surface area contributed by atoms with Crippen LogP contribution in [0.1, 0.15) is 15.9 Å². The van der Waals surface area contributed by atoms with Crippen molar-refractivity contribution in [1.82, 2.24) is 10.2 Å². The minimum atomic E-state index is -0.366. The van der Waals surface area contributed by atoms with Crippen molar-refractivity contribution in [2.24, 2.45) is 17.8 Å². The van der Waals surface area contributed by atoms with Gasteiger partial charge in [0.25, 0.3) is 5.91 Å². The number of hydrogen-bond donors (Lipinski definition) is 1. The minimum Gasteiger partial charge on any atom is -0.378 e. The second kappa shape index (κ2) is 8.55. The van der Waals surface area contributed by atoms with Gasteiger partial charge in [0.1, 0.15) is 11.6 Å². The van der Waals surface area contributed by atoms with Crippen molar-refractivity contribution in [1.29, 1.82) is 0 Å². The van der Waals surface area contributed by atoms with Gasteiger partial charge in [0, 0.05) is 44.8 Å². The van der Waals surface area contributed by atoms with Gasteiger partial charge in [0.2, 0.25) is 0 Å². The topological polar surface area (TPSA) is 44.8 Å². The summed E-state index contributed by atoms with van der Waals surface area (Å²) in [4.78, 5) is 16.9. The third-order valence-corrected chi connectivity index (χ3v) is 6.83. The van der Waals surface area contributed by atoms with E-state index in [0.717, 1.165) is 25.2 Å². The van der Waals surface area contributed by atoms with E-state index >= 15 is 0 Å². The smallest absolute Gasteiger partial charge is 0.251 e. The number of rotatable bonds is 6. The number of nitrogens with zero attached hydrogens (tertiary/aromatic N) is 2. The van der Waals surface area contributed by atoms with E-state index < -0.39 is 0 Å². The first-order chi connectivity index (χ1) is 15.1. The van der Waals surface area contributed by atoms with Gasteiger partial charge >= 0.3 is 0 Å². The number of carbonyl (C=O) groups excluding carboxylic acids is 1. The largest absolute Gasteiger partial charge is 0.378 e. The molecule has 3 fully saturated rings. The van der Waals surface area contributed by atoms with Crippen LogP contribution in [0.2, 0.25) is 0 Å². The number of morpholine rings is 1. The van der Waals surface area contributed by atoms with Crippen LogP contribution in [0.25, 0.3) is 0 Å². The van der Waals surface area contributed by atoms with Crippen molar-refractivity contribution in [2.45, 2.75) is 6.54 Å². The van der Waals surface area contributed by atoms with Gasteiger partial charge in [0.05, 0.1) is 18.9 Å². The van der Waals surface area contributed by atoms with E-state index in [1.54, 1.807) is 12.1 Å². The lowest BCUT2D eigenvalue weighted by molar-refractivity contribution is 0.0948. The van der Waals surface area contributed by atoms with E-state index in [0.29, 0.717) is 61.9 Å². The molecular weight excluding hydrogens is 400 g/mol. The van der Waals surface area contributed by atoms with Gasteiger partial charge < -0.3 is 15.0 Å². The maximum absolute atomic E-state index is 14.5. The van der Waals surface area contributed by atoms with Crippen LogP contribution in [0.4, 0.5) is 14.5 Å². The van der Waals surface area contributed by atoms with Gasteiger partial charge in [-0.3, -0.25) is 9.69 Å². The lowest BCUT2D eigenvalue weighted by Gasteiger charge is -2.29. The van der Waals surface area contributed by atoms with Crippen LogP contribution in [-0.2, 0) is 11.3 Å². The number of benzene rings is 2. The van der Waals surface area contributed by atoms with Crippen molar-refractivity contribution in [3.05, 3.63) is 65.2 Å². The lowest BCUT2D eigenvalue weighted by atomic mass is 10.1. The van der Waals surface area contributed by atoms with Crippen LogP contribution in [0, 0.1) is 29.4 Å². The number of likely N-dealkylation sites (tertiary alicyclic amines) is 1. The molecule has 2 saturated heterocycles. The Labute approximate surface area is 181 Å². The molecular formula is C24H27F2N3O2. The number of piperidine rings is 1. The molecule has 2 unspecified atom stereocenters. The summed E-state index contributed by atoms with van der Waals surface area (Å²) in [5, 5.41) is 2.99. The molecule has 5 rings (SSSR count). The number of fused-ring (bicyclic) bond motifs is 1. The van der Waals surface area contributed by atoms with E-state index in [9.17, 15) is 13.6 Å². The Morgan fingerprint density at radius 1 is 1.03 bits per heavy atom. The Kier molecular flexibility index (Phi) is 5.63. The summed E-state index contributed by atoms with van der Waals surface area (Å²) in [6.07, 6.45) is 0. The fraction of sp³-hybridized carbons (Fsp3) is 0.458. The predicted octanol–water partition coefficient (Wildman–Crippen LogP) is 2.91. The van der Waals surface area contributed by atoms with Crippen LogP contribution in [0.15, 0.2) is 42.5 Å². The Hall–Kier alpha value is -2.51. The normalized spacial score (nSPS) is 25.4. The highest BCUT2D eigenvalue weighted by molar-refractivity contribution is 5.94. The zero-order chi connectivity index (χ0) is 21.4. The third-order valence-electron chi connectivity index (χ3n) is 6.83. The molecule has 2 heterocycles. The molecule has 0 radical (unpaired) electrons. The second-order valence-corrected chi connectivity index (χ2v) is 8.79. The van der Waals surface area contributed by atoms with E-state index in [1.807, 2.05) is 17.0 Å². The molecule has 1 N–H and O–H groups in total. The standard InChI is InChI=1S/C24H27F2N3O2/c25-18-4-1-16(2-5-18)13-28-14-20-19(21(20)15-28)12-27-24(30)17-3-6-23(22(26)11-17)29-7-9-31-10-8-29/h1-6,11,19-21H,7-10,12-15H2,(H,27,30). The van der Waals surface area contributed by atoms with Crippen molar-refractivity contribution >= 4 is 11.6 Å². The van der Waals surface area contributed by atoms with Gasteiger partial charge in [-0.2, -0.15) is 0 Å². The first-order valence-electron chi connectivity index (χ1n) is 11.0. The summed E-state index contributed by atoms with van der Waals surface area (Å²) in [7, 11) is 0. The Bertz CT molecular complexity index is 934. The van der Waals surface area contributed by atoms with Gasteiger partial charge in [-0.25, -0.2) is 8.78 Å². The molecule has 0 bridgehead atoms. The Morgan fingerprint density at radius 2 is 1.74 bits per heavy atom. The molecule has 0 aromatic heterocycles. The zero-order valence-corrected chi connectivity index (χ0v) is 17.4. The SMILES string of the molecule is O=C(NCC1C2CN(Cc3ccc(F)cc3)CC12)c1ccc(N2CCOCC2)c(F)c1. The number of ether oxygens (including phenoxy) is 1. The summed E-state index contributed by atoms with van der Waals surface area (Å²) in [6.45, 7) is 5.97. The zero-order valence-electron chi connectivity index (χ0n) is 17.4. The lowest BCUT2D eigenvalue weighted by Crippen LogP contribution is -2.36. The third kappa shape index (κ3) is 4.43. The molecule has 2 aliphatic heterocycles. The van der Waals surface area contributed by atoms with E-state index in [4.69, 9.17) is 4.74 Å². The maximum atomic E-state index is 14.5. The molecule has 2 aromatic rings. The van der Waals surface area contributed by atoms with Crippen molar-refractivity contribution in [2.75, 3.05) is 50.8 Å². The molecule has 2 atom stereocenters. The van der Waals surface area contributed by atoms with Gasteiger partial charge in [-0.1, -0.05) is 12.1 Å². The van der Waals surface area contributed by atoms with Crippen molar-refractivity contribution < 1.29 is 18.3 Å². The van der Waals surface area contributed by atoms with Crippen molar-refractivity contribution in [3.8, 4) is 0 Å². The molecule has 3 aliphatic rings. The molecule has 7 heteroatoms. The van der Waals surface area contributed by atoms with Crippen LogP contribution >= 0.6 is 0 Å². The summed E-state index contributed by atoms with van der Waals surface area (Å²) in [6, 6.07) is 11.4. The summed E-state index contributed by atoms with van der Waals surface area (Å²) in [5.41, 5.74) is 2.01. The number of hydrogen-bond acceptors (Lipinski definition) is 4. The molecule has 0 spiro atoms. The van der Waals surface area contributed by atoms with Crippen LogP contribution in [0.3, 0.4) is 0 Å². The van der Waals surface area contributed by atoms with Crippen LogP contribution in [-0.4, -0.2) is 56.7 Å². The first-order valence-corrected chi connectivity index (χ1v) is 11.0. The number of anilines is 1. The molecule has 31 heavy (non-hydrogen) atoms. The number of halogens is 2. The first kappa shape index (κ1) is 20.4. The average Bonchev–Trinajstić information content (AvgIpc) is 3.24. The van der Waals surface area contributed by atoms with Gasteiger partial charge in [0.15, 0.2) is 0 Å². The highest BCUT2D eigenvalue weighted by atomic mass is 19.1.